The van der Waals surface area contributed by atoms with Crippen LogP contribution in [0.5, 0.6) is 23.4 Å². The van der Waals surface area contributed by atoms with E-state index in [4.69, 9.17) is 21.1 Å². The number of nitrogens with one attached hydrogen (secondary N) is 1. The maximum atomic E-state index is 6.65. The molecule has 0 aliphatic heterocycles. The normalized spacial score (nSPS) is 11.7. The van der Waals surface area contributed by atoms with Crippen molar-refractivity contribution in [2.45, 2.75) is 13.3 Å². The molecule has 0 unspecified atom stereocenters. The Balaban J connectivity index is 1.44. The number of halogens is 1. The third-order valence-electron chi connectivity index (χ3n) is 5.78. The van der Waals surface area contributed by atoms with Gasteiger partial charge in [0.2, 0.25) is 5.88 Å². The molecule has 0 atom stereocenters. The van der Waals surface area contributed by atoms with Crippen LogP contribution < -0.4 is 14.0 Å². The second-order valence-electron chi connectivity index (χ2n) is 8.23. The lowest BCUT2D eigenvalue weighted by molar-refractivity contribution is -0.647. The summed E-state index contributed by atoms with van der Waals surface area (Å²) in [5.74, 6) is 1.26. The lowest BCUT2D eigenvalue weighted by Crippen LogP contribution is -2.30. The predicted octanol–water partition coefficient (Wildman–Crippen LogP) is 3.75. The number of aromatic nitrogens is 9. The van der Waals surface area contributed by atoms with Crippen LogP contribution in [0.15, 0.2) is 37.2 Å². The maximum Gasteiger partial charge on any atom is 0.327 e. The molecule has 0 aliphatic carbocycles. The third-order valence-corrected chi connectivity index (χ3v) is 6.20. The van der Waals surface area contributed by atoms with Crippen LogP contribution >= 0.6 is 11.6 Å². The molecule has 0 spiro atoms. The van der Waals surface area contributed by atoms with Crippen LogP contribution in [0.1, 0.15) is 12.6 Å². The molecule has 0 saturated heterocycles. The first kappa shape index (κ1) is 21.3. The summed E-state index contributed by atoms with van der Waals surface area (Å²) in [4.78, 5) is 25.6. The predicted molar refractivity (Wildman–Crippen MR) is 129 cm³/mol. The first-order valence-electron chi connectivity index (χ1n) is 10.9. The molecule has 1 N–H and O–H groups in total. The lowest BCUT2D eigenvalue weighted by Gasteiger charge is -2.09. The van der Waals surface area contributed by atoms with E-state index in [1.807, 2.05) is 54.0 Å². The Hall–Kier alpha value is -4.25. The molecule has 0 aliphatic rings. The van der Waals surface area contributed by atoms with Gasteiger partial charge in [-0.3, -0.25) is 0 Å². The Morgan fingerprint density at radius 1 is 1.00 bits per heavy atom. The molecule has 0 saturated carbocycles. The van der Waals surface area contributed by atoms with Crippen LogP contribution in [-0.2, 0) is 27.6 Å². The fraction of sp³-hybridized carbons (Fsp3) is 0.217. The van der Waals surface area contributed by atoms with Gasteiger partial charge in [0.15, 0.2) is 23.2 Å². The molecule has 6 rings (SSSR count). The molecule has 11 nitrogen and oxygen atoms in total. The highest BCUT2D eigenvalue weighted by atomic mass is 35.5. The Morgan fingerprint density at radius 2 is 1.77 bits per heavy atom. The molecular formula is C23H21ClN9O2+. The molecule has 176 valence electrons. The highest BCUT2D eigenvalue weighted by Gasteiger charge is 2.21. The van der Waals surface area contributed by atoms with Crippen molar-refractivity contribution in [3.05, 3.63) is 47.9 Å². The van der Waals surface area contributed by atoms with Gasteiger partial charge in [-0.2, -0.15) is 9.97 Å². The minimum Gasteiger partial charge on any atom is -0.436 e. The average Bonchev–Trinajstić information content (AvgIpc) is 3.49. The zero-order valence-electron chi connectivity index (χ0n) is 19.4. The minimum atomic E-state index is 0.107. The smallest absolute Gasteiger partial charge is 0.327 e. The molecule has 0 fully saturated rings. The SMILES string of the molecule is CCc1[nH]c2nc(Oc3cc4ncn(C)c4[n+](C)c3)nc(Oc3cnc4c(c3)ncn4C)c2c1Cl. The largest absolute Gasteiger partial charge is 0.436 e. The van der Waals surface area contributed by atoms with Crippen LogP contribution in [0.2, 0.25) is 5.02 Å². The monoisotopic (exact) mass is 490 g/mol. The number of pyridine rings is 2. The number of imidazole rings is 2. The molecule has 0 radical (unpaired) electrons. The molecule has 35 heavy (non-hydrogen) atoms. The van der Waals surface area contributed by atoms with E-state index in [2.05, 4.69) is 29.9 Å². The van der Waals surface area contributed by atoms with Gasteiger partial charge in [0, 0.05) is 24.9 Å². The summed E-state index contributed by atoms with van der Waals surface area (Å²) in [6.07, 6.45) is 7.61. The Kier molecular flexibility index (Phi) is 4.81. The number of hydrogen-bond donors (Lipinski definition) is 1. The van der Waals surface area contributed by atoms with E-state index in [0.29, 0.717) is 39.5 Å². The molecular weight excluding hydrogens is 470 g/mol. The number of fused-ring (bicyclic) bond motifs is 3. The Bertz CT molecular complexity index is 1750. The standard InChI is InChI=1S/C23H21ClN9O2/c1-5-14-18(24)17-19(28-14)29-23(35-13-7-16-22(31(2)9-13)33(4)11-27-16)30-21(17)34-12-6-15-20(25-8-12)32(3)10-26-15/h6-11H,5H2,1-4H3,(H,28,29,30)/q+1. The highest BCUT2D eigenvalue weighted by Crippen LogP contribution is 2.37. The first-order chi connectivity index (χ1) is 16.9. The van der Waals surface area contributed by atoms with Crippen molar-refractivity contribution in [2.24, 2.45) is 21.1 Å². The van der Waals surface area contributed by atoms with Crippen molar-refractivity contribution in [1.82, 2.24) is 39.0 Å². The second-order valence-corrected chi connectivity index (χ2v) is 8.61. The molecule has 0 amide bonds. The van der Waals surface area contributed by atoms with E-state index in [1.54, 1.807) is 24.9 Å². The summed E-state index contributed by atoms with van der Waals surface area (Å²) in [5, 5.41) is 1.08. The number of H-pyrrole nitrogens is 1. The fourth-order valence-corrected chi connectivity index (χ4v) is 4.50. The summed E-state index contributed by atoms with van der Waals surface area (Å²) >= 11 is 6.65. The first-order valence-corrected chi connectivity index (χ1v) is 11.3. The van der Waals surface area contributed by atoms with Crippen LogP contribution in [-0.4, -0.2) is 39.0 Å². The van der Waals surface area contributed by atoms with Crippen molar-refractivity contribution in [1.29, 1.82) is 0 Å². The number of aromatic amines is 1. The topological polar surface area (TPSA) is 112 Å². The van der Waals surface area contributed by atoms with Crippen molar-refractivity contribution in [3.63, 3.8) is 0 Å². The van der Waals surface area contributed by atoms with Crippen LogP contribution in [0.4, 0.5) is 0 Å². The van der Waals surface area contributed by atoms with Crippen LogP contribution in [0.3, 0.4) is 0 Å². The zero-order chi connectivity index (χ0) is 24.3. The lowest BCUT2D eigenvalue weighted by atomic mass is 10.3. The number of hydrogen-bond acceptors (Lipinski definition) is 7. The highest BCUT2D eigenvalue weighted by molar-refractivity contribution is 6.36. The molecule has 12 heteroatoms. The number of ether oxygens (including phenoxy) is 2. The molecule has 6 aromatic rings. The van der Waals surface area contributed by atoms with E-state index < -0.39 is 0 Å². The zero-order valence-corrected chi connectivity index (χ0v) is 20.2. The Labute approximate surface area is 204 Å². The van der Waals surface area contributed by atoms with Gasteiger partial charge < -0.3 is 19.0 Å². The maximum absolute atomic E-state index is 6.65. The van der Waals surface area contributed by atoms with Gasteiger partial charge in [0.05, 0.1) is 31.6 Å². The van der Waals surface area contributed by atoms with Gasteiger partial charge in [-0.15, -0.1) is 0 Å². The van der Waals surface area contributed by atoms with Gasteiger partial charge in [0.25, 0.3) is 0 Å². The van der Waals surface area contributed by atoms with E-state index in [-0.39, 0.29) is 11.9 Å². The molecule has 6 heterocycles. The van der Waals surface area contributed by atoms with Gasteiger partial charge in [-0.25, -0.2) is 24.1 Å². The Morgan fingerprint density at radius 3 is 2.60 bits per heavy atom. The minimum absolute atomic E-state index is 0.107. The molecule has 0 aromatic carbocycles. The number of aryl methyl sites for hydroxylation is 4. The summed E-state index contributed by atoms with van der Waals surface area (Å²) in [6, 6.07) is 3.74. The van der Waals surface area contributed by atoms with Crippen LogP contribution in [0.25, 0.3) is 33.4 Å². The van der Waals surface area contributed by atoms with Gasteiger partial charge >= 0.3 is 11.7 Å². The van der Waals surface area contributed by atoms with Crippen molar-refractivity contribution >= 4 is 45.0 Å². The van der Waals surface area contributed by atoms with E-state index >= 15 is 0 Å². The summed E-state index contributed by atoms with van der Waals surface area (Å²) in [6.45, 7) is 2.00. The van der Waals surface area contributed by atoms with E-state index in [9.17, 15) is 0 Å². The fourth-order valence-electron chi connectivity index (χ4n) is 4.14. The van der Waals surface area contributed by atoms with E-state index in [0.717, 1.165) is 22.5 Å². The quantitative estimate of drug-likeness (QED) is 0.366. The van der Waals surface area contributed by atoms with Gasteiger partial charge in [-0.05, 0) is 6.42 Å². The second kappa shape index (κ2) is 7.91. The summed E-state index contributed by atoms with van der Waals surface area (Å²) in [5.41, 5.74) is 4.55. The average molecular weight is 491 g/mol. The van der Waals surface area contributed by atoms with Crippen molar-refractivity contribution in [2.75, 3.05) is 0 Å². The number of nitrogens with zero attached hydrogens (tertiary/aromatic N) is 8. The van der Waals surface area contributed by atoms with Gasteiger partial charge in [0.1, 0.15) is 28.5 Å². The van der Waals surface area contributed by atoms with E-state index in [1.165, 1.54) is 0 Å². The number of rotatable bonds is 5. The summed E-state index contributed by atoms with van der Waals surface area (Å²) in [7, 11) is 5.75. The van der Waals surface area contributed by atoms with Crippen molar-refractivity contribution in [3.8, 4) is 23.4 Å². The summed E-state index contributed by atoms with van der Waals surface area (Å²) < 4.78 is 17.9. The third kappa shape index (κ3) is 3.51. The molecule has 6 aromatic heterocycles. The molecule has 0 bridgehead atoms. The van der Waals surface area contributed by atoms with Crippen molar-refractivity contribution < 1.29 is 14.0 Å². The van der Waals surface area contributed by atoms with Gasteiger partial charge in [-0.1, -0.05) is 18.5 Å². The van der Waals surface area contributed by atoms with Crippen LogP contribution in [0, 0.1) is 0 Å².